The third-order valence-electron chi connectivity index (χ3n) is 7.12. The molecule has 1 aromatic carbocycles. The molecule has 0 radical (unpaired) electrons. The number of rotatable bonds is 6. The maximum atomic E-state index is 13.7. The topological polar surface area (TPSA) is 87.2 Å². The van der Waals surface area contributed by atoms with Crippen LogP contribution in [-0.2, 0) is 14.9 Å². The number of cyclic esters (lactones) is 1. The number of piperazine rings is 1. The Morgan fingerprint density at radius 1 is 1.32 bits per heavy atom. The first-order valence-electron chi connectivity index (χ1n) is 12.3. The fourth-order valence-electron chi connectivity index (χ4n) is 5.17. The van der Waals surface area contributed by atoms with Gasteiger partial charge >= 0.3 is 6.09 Å². The molecule has 3 aliphatic rings. The summed E-state index contributed by atoms with van der Waals surface area (Å²) < 4.78 is 11.0. The Labute approximate surface area is 228 Å². The van der Waals surface area contributed by atoms with Crippen LogP contribution < -0.4 is 15.0 Å². The summed E-state index contributed by atoms with van der Waals surface area (Å²) in [5.41, 5.74) is 1.58. The van der Waals surface area contributed by atoms with Gasteiger partial charge in [-0.3, -0.25) is 9.69 Å². The van der Waals surface area contributed by atoms with Gasteiger partial charge in [-0.25, -0.2) is 9.78 Å². The Kier molecular flexibility index (Phi) is 8.18. The van der Waals surface area contributed by atoms with Crippen molar-refractivity contribution in [3.63, 3.8) is 0 Å². The van der Waals surface area contributed by atoms with Gasteiger partial charge in [0.1, 0.15) is 12.4 Å². The number of fused-ring (bicyclic) bond motifs is 1. The van der Waals surface area contributed by atoms with Crippen LogP contribution in [0.3, 0.4) is 0 Å². The Morgan fingerprint density at radius 3 is 2.84 bits per heavy atom. The zero-order valence-corrected chi connectivity index (χ0v) is 22.8. The zero-order chi connectivity index (χ0) is 25.4. The lowest BCUT2D eigenvalue weighted by Crippen LogP contribution is -2.60. The van der Waals surface area contributed by atoms with Gasteiger partial charge in [-0.05, 0) is 19.1 Å². The van der Waals surface area contributed by atoms with E-state index in [1.807, 2.05) is 23.1 Å². The number of aromatic nitrogens is 1. The maximum Gasteiger partial charge on any atom is 0.409 e. The molecule has 4 heterocycles. The molecule has 37 heavy (non-hydrogen) atoms. The number of hydrogen-bond donors (Lipinski definition) is 1. The van der Waals surface area contributed by atoms with Crippen molar-refractivity contribution < 1.29 is 19.1 Å². The second-order valence-electron chi connectivity index (χ2n) is 10.4. The van der Waals surface area contributed by atoms with E-state index in [4.69, 9.17) is 21.1 Å². The van der Waals surface area contributed by atoms with Crippen molar-refractivity contribution in [1.82, 2.24) is 20.1 Å². The highest BCUT2D eigenvalue weighted by Gasteiger charge is 2.40. The van der Waals surface area contributed by atoms with Gasteiger partial charge in [0.15, 0.2) is 0 Å². The van der Waals surface area contributed by atoms with Crippen LogP contribution >= 0.6 is 24.0 Å². The third-order valence-corrected chi connectivity index (χ3v) is 7.44. The van der Waals surface area contributed by atoms with E-state index in [0.29, 0.717) is 49.4 Å². The number of nitrogens with one attached hydrogen (secondary N) is 1. The van der Waals surface area contributed by atoms with Crippen LogP contribution in [0.2, 0.25) is 5.02 Å². The maximum absolute atomic E-state index is 13.7. The number of hydrogen-bond acceptors (Lipinski definition) is 7. The first-order valence-corrected chi connectivity index (χ1v) is 12.7. The molecule has 11 heteroatoms. The van der Waals surface area contributed by atoms with E-state index in [1.165, 1.54) is 0 Å². The molecule has 0 unspecified atom stereocenters. The van der Waals surface area contributed by atoms with Crippen molar-refractivity contribution in [2.75, 3.05) is 50.8 Å². The van der Waals surface area contributed by atoms with Crippen molar-refractivity contribution in [3.8, 4) is 11.6 Å². The molecular formula is C26H33Cl2N5O4. The highest BCUT2D eigenvalue weighted by Crippen LogP contribution is 2.42. The number of ether oxygens (including phenoxy) is 2. The molecule has 0 saturated carbocycles. The lowest BCUT2D eigenvalue weighted by atomic mass is 9.88. The molecule has 9 nitrogen and oxygen atoms in total. The number of pyridine rings is 1. The number of halogens is 2. The predicted octanol–water partition coefficient (Wildman–Crippen LogP) is 3.69. The predicted molar refractivity (Wildman–Crippen MR) is 144 cm³/mol. The molecule has 0 spiro atoms. The van der Waals surface area contributed by atoms with Crippen LogP contribution in [0.25, 0.3) is 0 Å². The SMILES string of the molecule is C[C@@H]1CN(CC(=O)N2CC(C)(C)c3cnc(Oc4ccccc4Cl)cc32)[C@@H](CN2CCOC2=O)CN1.Cl. The molecule has 2 amide bonds. The van der Waals surface area contributed by atoms with Gasteiger partial charge in [-0.15, -0.1) is 12.4 Å². The van der Waals surface area contributed by atoms with Gasteiger partial charge in [0.25, 0.3) is 0 Å². The van der Waals surface area contributed by atoms with Crippen LogP contribution in [0.5, 0.6) is 11.6 Å². The number of carbonyl (C=O) groups is 2. The molecule has 1 aromatic heterocycles. The fraction of sp³-hybridized carbons (Fsp3) is 0.500. The summed E-state index contributed by atoms with van der Waals surface area (Å²) in [6.07, 6.45) is 1.51. The Hall–Kier alpha value is -2.59. The first kappa shape index (κ1) is 27.4. The molecule has 2 atom stereocenters. The van der Waals surface area contributed by atoms with E-state index in [9.17, 15) is 9.59 Å². The Morgan fingerprint density at radius 2 is 2.11 bits per heavy atom. The number of carbonyl (C=O) groups excluding carboxylic acids is 2. The van der Waals surface area contributed by atoms with Gasteiger partial charge in [0.2, 0.25) is 11.8 Å². The van der Waals surface area contributed by atoms with E-state index in [-0.39, 0.29) is 48.5 Å². The minimum absolute atomic E-state index is 0. The summed E-state index contributed by atoms with van der Waals surface area (Å²) >= 11 is 6.26. The number of nitrogens with zero attached hydrogens (tertiary/aromatic N) is 4. The quantitative estimate of drug-likeness (QED) is 0.587. The molecule has 2 fully saturated rings. The normalized spacial score (nSPS) is 22.9. The summed E-state index contributed by atoms with van der Waals surface area (Å²) in [7, 11) is 0. The minimum atomic E-state index is -0.284. The number of para-hydroxylation sites is 1. The van der Waals surface area contributed by atoms with E-state index in [0.717, 1.165) is 17.8 Å². The van der Waals surface area contributed by atoms with E-state index in [2.05, 4.69) is 36.0 Å². The van der Waals surface area contributed by atoms with Gasteiger partial charge in [-0.1, -0.05) is 37.6 Å². The van der Waals surface area contributed by atoms with Gasteiger partial charge < -0.3 is 24.6 Å². The summed E-state index contributed by atoms with van der Waals surface area (Å²) in [4.78, 5) is 36.0. The van der Waals surface area contributed by atoms with Crippen molar-refractivity contribution in [2.24, 2.45) is 0 Å². The van der Waals surface area contributed by atoms with Gasteiger partial charge in [0.05, 0.1) is 23.8 Å². The molecule has 0 aliphatic carbocycles. The average molecular weight is 550 g/mol. The summed E-state index contributed by atoms with van der Waals surface area (Å²) in [6, 6.07) is 9.33. The van der Waals surface area contributed by atoms with E-state index < -0.39 is 0 Å². The molecule has 2 saturated heterocycles. The number of benzene rings is 1. The second kappa shape index (κ2) is 11.0. The van der Waals surface area contributed by atoms with Crippen molar-refractivity contribution in [2.45, 2.75) is 38.3 Å². The lowest BCUT2D eigenvalue weighted by Gasteiger charge is -2.40. The molecule has 200 valence electrons. The fourth-order valence-corrected chi connectivity index (χ4v) is 5.34. The van der Waals surface area contributed by atoms with Gasteiger partial charge in [-0.2, -0.15) is 0 Å². The van der Waals surface area contributed by atoms with Crippen LogP contribution in [0.1, 0.15) is 26.3 Å². The third kappa shape index (κ3) is 5.80. The molecule has 2 aromatic rings. The van der Waals surface area contributed by atoms with Gasteiger partial charge in [0, 0.05) is 61.5 Å². The van der Waals surface area contributed by atoms with E-state index in [1.54, 1.807) is 23.2 Å². The monoisotopic (exact) mass is 549 g/mol. The smallest absolute Gasteiger partial charge is 0.409 e. The highest BCUT2D eigenvalue weighted by atomic mass is 35.5. The van der Waals surface area contributed by atoms with Crippen LogP contribution in [0, 0.1) is 0 Å². The van der Waals surface area contributed by atoms with Crippen LogP contribution in [0.4, 0.5) is 10.5 Å². The van der Waals surface area contributed by atoms with Crippen LogP contribution in [-0.4, -0.2) is 84.7 Å². The second-order valence-corrected chi connectivity index (χ2v) is 10.8. The van der Waals surface area contributed by atoms with Crippen molar-refractivity contribution in [1.29, 1.82) is 0 Å². The lowest BCUT2D eigenvalue weighted by molar-refractivity contribution is -0.120. The molecule has 0 bridgehead atoms. The molecular weight excluding hydrogens is 517 g/mol. The largest absolute Gasteiger partial charge is 0.448 e. The average Bonchev–Trinajstić information content (AvgIpc) is 3.36. The summed E-state index contributed by atoms with van der Waals surface area (Å²) in [5.74, 6) is 0.915. The number of amides is 2. The van der Waals surface area contributed by atoms with Crippen molar-refractivity contribution in [3.05, 3.63) is 47.1 Å². The zero-order valence-electron chi connectivity index (χ0n) is 21.3. The summed E-state index contributed by atoms with van der Waals surface area (Å²) in [5, 5.41) is 3.97. The van der Waals surface area contributed by atoms with Crippen LogP contribution in [0.15, 0.2) is 36.5 Å². The van der Waals surface area contributed by atoms with E-state index >= 15 is 0 Å². The summed E-state index contributed by atoms with van der Waals surface area (Å²) in [6.45, 7) is 10.1. The Bertz CT molecular complexity index is 1160. The highest BCUT2D eigenvalue weighted by molar-refractivity contribution is 6.32. The number of anilines is 1. The first-order chi connectivity index (χ1) is 17.2. The Balaban J connectivity index is 0.00000320. The molecule has 5 rings (SSSR count). The van der Waals surface area contributed by atoms with Crippen molar-refractivity contribution >= 4 is 41.7 Å². The minimum Gasteiger partial charge on any atom is -0.448 e. The molecule has 1 N–H and O–H groups in total. The standard InChI is InChI=1S/C26H32ClN5O4.ClH/c1-17-13-31(18(11-28-17)14-30-8-9-35-25(30)34)15-24(33)32-16-26(2,3)19-12-29-23(10-21(19)32)36-22-7-5-4-6-20(22)27;/h4-7,10,12,17-18,28H,8-9,11,13-16H2,1-3H3;1H/t17-,18-;/m1./s1. The molecule has 3 aliphatic heterocycles.